The van der Waals surface area contributed by atoms with E-state index in [1.165, 1.54) is 16.4 Å². The Balaban J connectivity index is 2.43. The topological polar surface area (TPSA) is 74.7 Å². The van der Waals surface area contributed by atoms with Crippen molar-refractivity contribution in [1.29, 1.82) is 0 Å². The van der Waals surface area contributed by atoms with Crippen LogP contribution < -0.4 is 0 Å². The molecule has 8 heteroatoms. The molecule has 0 aliphatic carbocycles. The molecule has 1 aliphatic rings. The number of aromatic carboxylic acids is 1. The molecule has 1 atom stereocenters. The lowest BCUT2D eigenvalue weighted by molar-refractivity contribution is 0.0697. The summed E-state index contributed by atoms with van der Waals surface area (Å²) in [5.74, 6) is -1.04. The van der Waals surface area contributed by atoms with Gasteiger partial charge in [-0.2, -0.15) is 4.31 Å². The summed E-state index contributed by atoms with van der Waals surface area (Å²) < 4.78 is 26.7. The highest BCUT2D eigenvalue weighted by atomic mass is 35.5. The fourth-order valence-corrected chi connectivity index (χ4v) is 4.73. The first-order valence-corrected chi connectivity index (χ1v) is 8.84. The van der Waals surface area contributed by atoms with Crippen molar-refractivity contribution in [3.05, 3.63) is 28.8 Å². The third kappa shape index (κ3) is 3.34. The lowest BCUT2D eigenvalue weighted by Gasteiger charge is -2.33. The van der Waals surface area contributed by atoms with Crippen molar-refractivity contribution in [2.45, 2.75) is 30.2 Å². The highest BCUT2D eigenvalue weighted by Crippen LogP contribution is 2.28. The SMILES string of the molecule is O=C(O)c1cc(S(=O)(=O)N2CCCCC2CCl)ccc1Cl. The molecule has 1 fully saturated rings. The number of halogens is 2. The van der Waals surface area contributed by atoms with Crippen LogP contribution in [0.1, 0.15) is 29.6 Å². The Morgan fingerprint density at radius 3 is 2.71 bits per heavy atom. The molecule has 1 N–H and O–H groups in total. The molecule has 0 bridgehead atoms. The smallest absolute Gasteiger partial charge is 0.337 e. The number of hydrogen-bond acceptors (Lipinski definition) is 3. The van der Waals surface area contributed by atoms with E-state index >= 15 is 0 Å². The molecule has 21 heavy (non-hydrogen) atoms. The summed E-state index contributed by atoms with van der Waals surface area (Å²) in [5, 5.41) is 9.06. The summed E-state index contributed by atoms with van der Waals surface area (Å²) in [4.78, 5) is 11.0. The number of carboxylic acid groups (broad SMARTS) is 1. The normalized spacial score (nSPS) is 20.4. The fraction of sp³-hybridized carbons (Fsp3) is 0.462. The van der Waals surface area contributed by atoms with Crippen molar-refractivity contribution in [2.75, 3.05) is 12.4 Å². The predicted molar refractivity (Wildman–Crippen MR) is 80.7 cm³/mol. The maximum Gasteiger partial charge on any atom is 0.337 e. The van der Waals surface area contributed by atoms with Crippen LogP contribution in [0, 0.1) is 0 Å². The number of carbonyl (C=O) groups is 1. The molecule has 0 spiro atoms. The quantitative estimate of drug-likeness (QED) is 0.846. The maximum atomic E-state index is 12.7. The van der Waals surface area contributed by atoms with Crippen molar-refractivity contribution in [3.8, 4) is 0 Å². The molecule has 0 aromatic heterocycles. The van der Waals surface area contributed by atoms with Crippen LogP contribution >= 0.6 is 23.2 Å². The van der Waals surface area contributed by atoms with E-state index in [9.17, 15) is 13.2 Å². The average Bonchev–Trinajstić information content (AvgIpc) is 2.47. The zero-order chi connectivity index (χ0) is 15.6. The fourth-order valence-electron chi connectivity index (χ4n) is 2.41. The number of nitrogens with zero attached hydrogens (tertiary/aromatic N) is 1. The van der Waals surface area contributed by atoms with Gasteiger partial charge < -0.3 is 5.11 Å². The first-order valence-electron chi connectivity index (χ1n) is 6.48. The van der Waals surface area contributed by atoms with Gasteiger partial charge in [-0.3, -0.25) is 0 Å². The number of rotatable bonds is 4. The van der Waals surface area contributed by atoms with Crippen molar-refractivity contribution >= 4 is 39.2 Å². The average molecular weight is 352 g/mol. The summed E-state index contributed by atoms with van der Waals surface area (Å²) in [5.41, 5.74) is -0.225. The summed E-state index contributed by atoms with van der Waals surface area (Å²) in [6.07, 6.45) is 2.42. The molecule has 1 saturated heterocycles. The zero-order valence-electron chi connectivity index (χ0n) is 11.1. The van der Waals surface area contributed by atoms with E-state index < -0.39 is 16.0 Å². The van der Waals surface area contributed by atoms with Gasteiger partial charge in [0, 0.05) is 18.5 Å². The lowest BCUT2D eigenvalue weighted by atomic mass is 10.1. The molecule has 2 rings (SSSR count). The van der Waals surface area contributed by atoms with E-state index in [1.807, 2.05) is 0 Å². The van der Waals surface area contributed by atoms with Gasteiger partial charge in [0.05, 0.1) is 15.5 Å². The van der Waals surface area contributed by atoms with Crippen LogP contribution in [0.2, 0.25) is 5.02 Å². The van der Waals surface area contributed by atoms with Gasteiger partial charge in [-0.05, 0) is 31.0 Å². The number of hydrogen-bond donors (Lipinski definition) is 1. The highest BCUT2D eigenvalue weighted by molar-refractivity contribution is 7.89. The first kappa shape index (κ1) is 16.5. The molecular weight excluding hydrogens is 337 g/mol. The summed E-state index contributed by atoms with van der Waals surface area (Å²) in [6.45, 7) is 0.394. The monoisotopic (exact) mass is 351 g/mol. The molecule has 5 nitrogen and oxygen atoms in total. The number of piperidine rings is 1. The van der Waals surface area contributed by atoms with Gasteiger partial charge in [-0.25, -0.2) is 13.2 Å². The Labute approximate surface area is 133 Å². The maximum absolute atomic E-state index is 12.7. The zero-order valence-corrected chi connectivity index (χ0v) is 13.5. The van der Waals surface area contributed by atoms with E-state index in [0.29, 0.717) is 13.0 Å². The summed E-state index contributed by atoms with van der Waals surface area (Å²) in [7, 11) is -3.77. The molecule has 0 saturated carbocycles. The summed E-state index contributed by atoms with van der Waals surface area (Å²) in [6, 6.07) is 3.45. The minimum atomic E-state index is -3.77. The van der Waals surface area contributed by atoms with Crippen LogP contribution in [-0.4, -0.2) is 42.3 Å². The second kappa shape index (κ2) is 6.52. The Kier molecular flexibility index (Phi) is 5.14. The third-order valence-electron chi connectivity index (χ3n) is 3.53. The molecule has 1 aromatic carbocycles. The van der Waals surface area contributed by atoms with Gasteiger partial charge >= 0.3 is 5.97 Å². The standard InChI is InChI=1S/C13H15Cl2NO4S/c14-8-9-3-1-2-6-16(9)21(19,20)10-4-5-12(15)11(7-10)13(17)18/h4-5,7,9H,1-3,6,8H2,(H,17,18). The van der Waals surface area contributed by atoms with Crippen LogP contribution in [0.3, 0.4) is 0 Å². The van der Waals surface area contributed by atoms with Gasteiger partial charge in [-0.1, -0.05) is 18.0 Å². The van der Waals surface area contributed by atoms with Crippen LogP contribution in [0.5, 0.6) is 0 Å². The van der Waals surface area contributed by atoms with Crippen LogP contribution in [-0.2, 0) is 10.0 Å². The molecule has 0 radical (unpaired) electrons. The van der Waals surface area contributed by atoms with E-state index in [-0.39, 0.29) is 27.4 Å². The van der Waals surface area contributed by atoms with Gasteiger partial charge in [0.15, 0.2) is 0 Å². The Morgan fingerprint density at radius 2 is 2.10 bits per heavy atom. The minimum absolute atomic E-state index is 0.00832. The van der Waals surface area contributed by atoms with E-state index in [1.54, 1.807) is 0 Å². The number of alkyl halides is 1. The Hall–Kier alpha value is -0.820. The van der Waals surface area contributed by atoms with Gasteiger partial charge in [-0.15, -0.1) is 11.6 Å². The van der Waals surface area contributed by atoms with Gasteiger partial charge in [0.1, 0.15) is 0 Å². The van der Waals surface area contributed by atoms with Gasteiger partial charge in [0.2, 0.25) is 10.0 Å². The van der Waals surface area contributed by atoms with E-state index in [4.69, 9.17) is 28.3 Å². The second-order valence-electron chi connectivity index (χ2n) is 4.87. The summed E-state index contributed by atoms with van der Waals surface area (Å²) >= 11 is 11.6. The lowest BCUT2D eigenvalue weighted by Crippen LogP contribution is -2.44. The number of sulfonamides is 1. The van der Waals surface area contributed by atoms with Gasteiger partial charge in [0.25, 0.3) is 0 Å². The minimum Gasteiger partial charge on any atom is -0.478 e. The molecule has 116 valence electrons. The van der Waals surface area contributed by atoms with E-state index in [2.05, 4.69) is 0 Å². The molecule has 0 amide bonds. The van der Waals surface area contributed by atoms with Crippen molar-refractivity contribution < 1.29 is 18.3 Å². The molecule has 1 heterocycles. The van der Waals surface area contributed by atoms with Crippen LogP contribution in [0.4, 0.5) is 0 Å². The van der Waals surface area contributed by atoms with Crippen molar-refractivity contribution in [1.82, 2.24) is 4.31 Å². The number of carboxylic acids is 1. The predicted octanol–water partition coefficient (Wildman–Crippen LogP) is 2.82. The highest BCUT2D eigenvalue weighted by Gasteiger charge is 2.33. The molecule has 1 unspecified atom stereocenters. The second-order valence-corrected chi connectivity index (χ2v) is 7.47. The van der Waals surface area contributed by atoms with Crippen LogP contribution in [0.25, 0.3) is 0 Å². The molecule has 1 aliphatic heterocycles. The Morgan fingerprint density at radius 1 is 1.38 bits per heavy atom. The molecular formula is C13H15Cl2NO4S. The number of benzene rings is 1. The third-order valence-corrected chi connectivity index (χ3v) is 6.16. The molecule has 1 aromatic rings. The van der Waals surface area contributed by atoms with Crippen molar-refractivity contribution in [2.24, 2.45) is 0 Å². The Bertz CT molecular complexity index is 648. The van der Waals surface area contributed by atoms with E-state index in [0.717, 1.165) is 18.9 Å². The largest absolute Gasteiger partial charge is 0.478 e. The van der Waals surface area contributed by atoms with Crippen molar-refractivity contribution in [3.63, 3.8) is 0 Å². The van der Waals surface area contributed by atoms with Crippen LogP contribution in [0.15, 0.2) is 23.1 Å². The first-order chi connectivity index (χ1) is 9.87.